The Kier molecular flexibility index (Phi) is 3.90. The summed E-state index contributed by atoms with van der Waals surface area (Å²) in [6.45, 7) is 8.82. The second kappa shape index (κ2) is 5.72. The first kappa shape index (κ1) is 16.4. The third-order valence-electron chi connectivity index (χ3n) is 5.92. The molecule has 1 atom stereocenters. The Morgan fingerprint density at radius 2 is 2.04 bits per heavy atom. The molecule has 3 nitrogen and oxygen atoms in total. The molecule has 2 bridgehead atoms. The summed E-state index contributed by atoms with van der Waals surface area (Å²) in [7, 11) is 0. The van der Waals surface area contributed by atoms with Crippen LogP contribution in [0.3, 0.4) is 0 Å². The lowest BCUT2D eigenvalue weighted by molar-refractivity contribution is -0.0377. The van der Waals surface area contributed by atoms with Gasteiger partial charge in [-0.3, -0.25) is 9.69 Å². The molecule has 1 N–H and O–H groups in total. The molecule has 1 amide bonds. The number of fused-ring (bicyclic) bond motifs is 4. The average Bonchev–Trinajstić information content (AvgIpc) is 3.00. The van der Waals surface area contributed by atoms with E-state index >= 15 is 0 Å². The summed E-state index contributed by atoms with van der Waals surface area (Å²) in [5.74, 6) is 0.630. The topological polar surface area (TPSA) is 32.3 Å². The number of benzene rings is 1. The zero-order valence-corrected chi connectivity index (χ0v) is 15.9. The largest absolute Gasteiger partial charge is 0.346 e. The zero-order valence-electron chi connectivity index (χ0n) is 14.4. The fraction of sp³-hybridized carbons (Fsp3) is 0.526. The van der Waals surface area contributed by atoms with Gasteiger partial charge in [0.2, 0.25) is 0 Å². The molecule has 3 aliphatic heterocycles. The Morgan fingerprint density at radius 3 is 2.71 bits per heavy atom. The number of nitrogens with one attached hydrogen (secondary N) is 1. The van der Waals surface area contributed by atoms with Crippen molar-refractivity contribution >= 4 is 38.9 Å². The van der Waals surface area contributed by atoms with Crippen molar-refractivity contribution < 1.29 is 4.79 Å². The molecule has 24 heavy (non-hydrogen) atoms. The van der Waals surface area contributed by atoms with Gasteiger partial charge in [-0.1, -0.05) is 23.7 Å². The van der Waals surface area contributed by atoms with Crippen molar-refractivity contribution in [2.24, 2.45) is 5.92 Å². The molecule has 4 heterocycles. The molecule has 128 valence electrons. The summed E-state index contributed by atoms with van der Waals surface area (Å²) in [5.41, 5.74) is 1.08. The van der Waals surface area contributed by atoms with Gasteiger partial charge in [-0.05, 0) is 69.6 Å². The molecule has 0 spiro atoms. The van der Waals surface area contributed by atoms with Crippen molar-refractivity contribution in [2.45, 2.75) is 45.2 Å². The number of amides is 1. The Balaban J connectivity index is 1.61. The first-order chi connectivity index (χ1) is 11.4. The van der Waals surface area contributed by atoms with Crippen molar-refractivity contribution in [2.75, 3.05) is 13.1 Å². The van der Waals surface area contributed by atoms with Crippen LogP contribution in [0, 0.1) is 12.8 Å². The quantitative estimate of drug-likeness (QED) is 0.855. The Morgan fingerprint density at radius 1 is 1.33 bits per heavy atom. The first-order valence-electron chi connectivity index (χ1n) is 8.62. The van der Waals surface area contributed by atoms with E-state index in [0.29, 0.717) is 5.92 Å². The van der Waals surface area contributed by atoms with Gasteiger partial charge in [0, 0.05) is 11.6 Å². The minimum Gasteiger partial charge on any atom is -0.346 e. The standard InChI is InChI=1S/C19H23ClN2OS/c1-11-4-5-13-10-14(24-16(13)15(11)20)18(23)21-17-12-6-8-22(9-7-12)19(17,2)3/h4-5,10,12,17H,6-9H2,1-3H3,(H,21,23). The molecule has 0 radical (unpaired) electrons. The van der Waals surface area contributed by atoms with Crippen molar-refractivity contribution in [3.8, 4) is 0 Å². The van der Waals surface area contributed by atoms with Crippen LogP contribution < -0.4 is 5.32 Å². The van der Waals surface area contributed by atoms with E-state index in [-0.39, 0.29) is 17.5 Å². The van der Waals surface area contributed by atoms with E-state index in [4.69, 9.17) is 11.6 Å². The molecule has 0 aliphatic carbocycles. The number of thiophene rings is 1. The lowest BCUT2D eigenvalue weighted by atomic mass is 9.72. The molecule has 3 aliphatic rings. The van der Waals surface area contributed by atoms with Crippen molar-refractivity contribution in [1.29, 1.82) is 0 Å². The maximum Gasteiger partial charge on any atom is 0.261 e. The van der Waals surface area contributed by atoms with Gasteiger partial charge < -0.3 is 5.32 Å². The van der Waals surface area contributed by atoms with Gasteiger partial charge in [-0.15, -0.1) is 11.3 Å². The molecular formula is C19H23ClN2OS. The number of aryl methyl sites for hydroxylation is 1. The summed E-state index contributed by atoms with van der Waals surface area (Å²) in [5, 5.41) is 5.15. The highest BCUT2D eigenvalue weighted by Crippen LogP contribution is 2.39. The smallest absolute Gasteiger partial charge is 0.261 e. The molecule has 1 aromatic heterocycles. The van der Waals surface area contributed by atoms with E-state index < -0.39 is 0 Å². The highest BCUT2D eigenvalue weighted by molar-refractivity contribution is 7.21. The number of nitrogens with zero attached hydrogens (tertiary/aromatic N) is 1. The molecule has 5 heteroatoms. The van der Waals surface area contributed by atoms with Crippen LogP contribution in [-0.4, -0.2) is 35.5 Å². The average molecular weight is 363 g/mol. The third-order valence-corrected chi connectivity index (χ3v) is 7.68. The minimum absolute atomic E-state index is 0.0295. The normalized spacial score (nSPS) is 28.2. The molecule has 1 unspecified atom stereocenters. The summed E-state index contributed by atoms with van der Waals surface area (Å²) in [6, 6.07) is 6.24. The number of carbonyl (C=O) groups is 1. The molecule has 1 aromatic carbocycles. The highest BCUT2D eigenvalue weighted by atomic mass is 35.5. The lowest BCUT2D eigenvalue weighted by Crippen LogP contribution is -2.69. The fourth-order valence-corrected chi connectivity index (χ4v) is 5.71. The molecule has 5 rings (SSSR count). The second-order valence-corrected chi connectivity index (χ2v) is 9.08. The van der Waals surface area contributed by atoms with Gasteiger partial charge in [-0.25, -0.2) is 0 Å². The van der Waals surface area contributed by atoms with Gasteiger partial charge in [0.15, 0.2) is 0 Å². The number of carbonyl (C=O) groups excluding carboxylic acids is 1. The van der Waals surface area contributed by atoms with E-state index in [9.17, 15) is 4.79 Å². The van der Waals surface area contributed by atoms with Crippen LogP contribution >= 0.6 is 22.9 Å². The van der Waals surface area contributed by atoms with E-state index in [1.807, 2.05) is 25.1 Å². The van der Waals surface area contributed by atoms with Crippen LogP contribution in [-0.2, 0) is 0 Å². The van der Waals surface area contributed by atoms with Crippen LogP contribution in [0.2, 0.25) is 5.02 Å². The summed E-state index contributed by atoms with van der Waals surface area (Å²) < 4.78 is 1.01. The van der Waals surface area contributed by atoms with E-state index in [2.05, 4.69) is 24.1 Å². The zero-order chi connectivity index (χ0) is 17.1. The Hall–Kier alpha value is -1.10. The van der Waals surface area contributed by atoms with Crippen molar-refractivity contribution in [1.82, 2.24) is 10.2 Å². The summed E-state index contributed by atoms with van der Waals surface area (Å²) in [6.07, 6.45) is 2.37. The van der Waals surface area contributed by atoms with Crippen LogP contribution in [0.15, 0.2) is 18.2 Å². The number of hydrogen-bond donors (Lipinski definition) is 1. The van der Waals surface area contributed by atoms with Crippen LogP contribution in [0.4, 0.5) is 0 Å². The molecule has 2 aromatic rings. The first-order valence-corrected chi connectivity index (χ1v) is 9.82. The van der Waals surface area contributed by atoms with Gasteiger partial charge in [0.1, 0.15) is 0 Å². The number of piperidine rings is 3. The Labute approximate surface area is 152 Å². The van der Waals surface area contributed by atoms with Gasteiger partial charge in [-0.2, -0.15) is 0 Å². The van der Waals surface area contributed by atoms with Crippen LogP contribution in [0.25, 0.3) is 10.1 Å². The number of hydrogen-bond acceptors (Lipinski definition) is 3. The number of halogens is 1. The highest BCUT2D eigenvalue weighted by Gasteiger charge is 2.48. The van der Waals surface area contributed by atoms with E-state index in [1.54, 1.807) is 0 Å². The van der Waals surface area contributed by atoms with Crippen molar-refractivity contribution in [3.05, 3.63) is 33.7 Å². The second-order valence-electron chi connectivity index (χ2n) is 7.65. The molecular weight excluding hydrogens is 340 g/mol. The maximum absolute atomic E-state index is 12.9. The third kappa shape index (κ3) is 2.47. The van der Waals surface area contributed by atoms with E-state index in [0.717, 1.165) is 38.6 Å². The summed E-state index contributed by atoms with van der Waals surface area (Å²) >= 11 is 7.90. The van der Waals surface area contributed by atoms with Crippen molar-refractivity contribution in [3.63, 3.8) is 0 Å². The van der Waals surface area contributed by atoms with Gasteiger partial charge >= 0.3 is 0 Å². The predicted molar refractivity (Wildman–Crippen MR) is 101 cm³/mol. The fourth-order valence-electron chi connectivity index (χ4n) is 4.37. The monoisotopic (exact) mass is 362 g/mol. The maximum atomic E-state index is 12.9. The Bertz CT molecular complexity index is 805. The minimum atomic E-state index is 0.0295. The SMILES string of the molecule is Cc1ccc2cc(C(=O)NC3C4CCN(CC4)C3(C)C)sc2c1Cl. The van der Waals surface area contributed by atoms with Crippen LogP contribution in [0.5, 0.6) is 0 Å². The van der Waals surface area contributed by atoms with Gasteiger partial charge in [0.25, 0.3) is 5.91 Å². The lowest BCUT2D eigenvalue weighted by Gasteiger charge is -2.56. The number of rotatable bonds is 2. The van der Waals surface area contributed by atoms with E-state index in [1.165, 1.54) is 24.2 Å². The summed E-state index contributed by atoms with van der Waals surface area (Å²) in [4.78, 5) is 16.2. The molecule has 0 saturated carbocycles. The molecule has 3 saturated heterocycles. The van der Waals surface area contributed by atoms with Gasteiger partial charge in [0.05, 0.1) is 14.6 Å². The predicted octanol–water partition coefficient (Wildman–Crippen LogP) is 4.47. The molecule has 3 fully saturated rings. The van der Waals surface area contributed by atoms with Crippen LogP contribution in [0.1, 0.15) is 41.9 Å².